The molecule has 0 aliphatic heterocycles. The van der Waals surface area contributed by atoms with Gasteiger partial charge in [0.25, 0.3) is 0 Å². The van der Waals surface area contributed by atoms with Crippen LogP contribution in [-0.2, 0) is 6.54 Å². The largest absolute Gasteiger partial charge is 0.494 e. The minimum atomic E-state index is 0.679. The van der Waals surface area contributed by atoms with Crippen molar-refractivity contribution in [2.45, 2.75) is 13.5 Å². The Labute approximate surface area is 108 Å². The average Bonchev–Trinajstić information content (AvgIpc) is 2.37. The van der Waals surface area contributed by atoms with Crippen LogP contribution in [0.2, 0.25) is 0 Å². The fourth-order valence-corrected chi connectivity index (χ4v) is 1.77. The Balaban J connectivity index is 1.99. The molecule has 0 saturated heterocycles. The maximum Gasteiger partial charge on any atom is 0.121 e. The van der Waals surface area contributed by atoms with E-state index >= 15 is 0 Å². The minimum absolute atomic E-state index is 0.679. The summed E-state index contributed by atoms with van der Waals surface area (Å²) in [6.45, 7) is 3.41. The third-order valence-corrected chi connectivity index (χ3v) is 2.59. The van der Waals surface area contributed by atoms with Crippen LogP contribution in [0.15, 0.2) is 48.5 Å². The van der Waals surface area contributed by atoms with Gasteiger partial charge < -0.3 is 15.8 Å². The first-order valence-electron chi connectivity index (χ1n) is 6.09. The van der Waals surface area contributed by atoms with Gasteiger partial charge in [0.15, 0.2) is 0 Å². The lowest BCUT2D eigenvalue weighted by molar-refractivity contribution is 0.340. The second kappa shape index (κ2) is 5.96. The van der Waals surface area contributed by atoms with Crippen LogP contribution < -0.4 is 15.8 Å². The van der Waals surface area contributed by atoms with Gasteiger partial charge in [-0.1, -0.05) is 18.2 Å². The lowest BCUT2D eigenvalue weighted by Crippen LogP contribution is -2.00. The summed E-state index contributed by atoms with van der Waals surface area (Å²) in [6, 6.07) is 15.8. The Morgan fingerprint density at radius 2 is 1.94 bits per heavy atom. The molecule has 0 fully saturated rings. The SMILES string of the molecule is CCOc1cccc(NCc2cccc(N)c2)c1. The van der Waals surface area contributed by atoms with Crippen molar-refractivity contribution >= 4 is 11.4 Å². The Morgan fingerprint density at radius 1 is 1.11 bits per heavy atom. The van der Waals surface area contributed by atoms with E-state index in [2.05, 4.69) is 11.4 Å². The number of benzene rings is 2. The van der Waals surface area contributed by atoms with E-state index in [0.717, 1.165) is 29.2 Å². The molecule has 3 N–H and O–H groups in total. The van der Waals surface area contributed by atoms with E-state index in [9.17, 15) is 0 Å². The molecule has 3 nitrogen and oxygen atoms in total. The van der Waals surface area contributed by atoms with Crippen molar-refractivity contribution < 1.29 is 4.74 Å². The van der Waals surface area contributed by atoms with Gasteiger partial charge in [0.1, 0.15) is 5.75 Å². The van der Waals surface area contributed by atoms with E-state index in [1.54, 1.807) is 0 Å². The highest BCUT2D eigenvalue weighted by Gasteiger charge is 1.97. The van der Waals surface area contributed by atoms with Crippen molar-refractivity contribution in [1.29, 1.82) is 0 Å². The van der Waals surface area contributed by atoms with Gasteiger partial charge in [-0.3, -0.25) is 0 Å². The molecule has 2 rings (SSSR count). The summed E-state index contributed by atoms with van der Waals surface area (Å²) in [5.74, 6) is 0.884. The van der Waals surface area contributed by atoms with Crippen LogP contribution >= 0.6 is 0 Å². The van der Waals surface area contributed by atoms with Gasteiger partial charge in [0.2, 0.25) is 0 Å². The molecule has 18 heavy (non-hydrogen) atoms. The van der Waals surface area contributed by atoms with Gasteiger partial charge in [0, 0.05) is 24.0 Å². The molecule has 0 saturated carbocycles. The molecule has 0 atom stereocenters. The highest BCUT2D eigenvalue weighted by molar-refractivity contribution is 5.49. The van der Waals surface area contributed by atoms with Crippen LogP contribution in [0, 0.1) is 0 Å². The van der Waals surface area contributed by atoms with Crippen LogP contribution in [-0.4, -0.2) is 6.61 Å². The molecule has 0 unspecified atom stereocenters. The van der Waals surface area contributed by atoms with Crippen molar-refractivity contribution in [1.82, 2.24) is 0 Å². The zero-order valence-electron chi connectivity index (χ0n) is 10.5. The summed E-state index contributed by atoms with van der Waals surface area (Å²) >= 11 is 0. The van der Waals surface area contributed by atoms with Gasteiger partial charge in [-0.05, 0) is 36.8 Å². The molecule has 2 aromatic rings. The maximum atomic E-state index is 5.74. The minimum Gasteiger partial charge on any atom is -0.494 e. The van der Waals surface area contributed by atoms with Gasteiger partial charge in [0.05, 0.1) is 6.61 Å². The number of hydrogen-bond acceptors (Lipinski definition) is 3. The summed E-state index contributed by atoms with van der Waals surface area (Å²) in [5.41, 5.74) is 8.74. The lowest BCUT2D eigenvalue weighted by atomic mass is 10.2. The van der Waals surface area contributed by atoms with Gasteiger partial charge >= 0.3 is 0 Å². The molecule has 0 radical (unpaired) electrons. The third kappa shape index (κ3) is 3.42. The van der Waals surface area contributed by atoms with E-state index in [1.165, 1.54) is 0 Å². The number of rotatable bonds is 5. The number of nitrogen functional groups attached to an aromatic ring is 1. The average molecular weight is 242 g/mol. The number of nitrogens with one attached hydrogen (secondary N) is 1. The standard InChI is InChI=1S/C15H18N2O/c1-2-18-15-8-4-7-14(10-15)17-11-12-5-3-6-13(16)9-12/h3-10,17H,2,11,16H2,1H3. The Kier molecular flexibility index (Phi) is 4.07. The van der Waals surface area contributed by atoms with E-state index in [4.69, 9.17) is 10.5 Å². The molecular weight excluding hydrogens is 224 g/mol. The molecule has 0 aliphatic rings. The molecule has 3 heteroatoms. The van der Waals surface area contributed by atoms with Gasteiger partial charge in [-0.15, -0.1) is 0 Å². The van der Waals surface area contributed by atoms with Crippen molar-refractivity contribution in [3.8, 4) is 5.75 Å². The smallest absolute Gasteiger partial charge is 0.121 e. The molecule has 0 aromatic heterocycles. The Morgan fingerprint density at radius 3 is 2.72 bits per heavy atom. The fraction of sp³-hybridized carbons (Fsp3) is 0.200. The number of anilines is 2. The predicted molar refractivity (Wildman–Crippen MR) is 75.8 cm³/mol. The molecule has 0 spiro atoms. The summed E-state index contributed by atoms with van der Waals surface area (Å²) < 4.78 is 5.46. The first-order chi connectivity index (χ1) is 8.78. The number of nitrogens with two attached hydrogens (primary N) is 1. The lowest BCUT2D eigenvalue weighted by Gasteiger charge is -2.09. The number of hydrogen-bond donors (Lipinski definition) is 2. The van der Waals surface area contributed by atoms with Gasteiger partial charge in [-0.2, -0.15) is 0 Å². The highest BCUT2D eigenvalue weighted by Crippen LogP contribution is 2.18. The van der Waals surface area contributed by atoms with Crippen molar-refractivity contribution in [3.63, 3.8) is 0 Å². The molecule has 0 bridgehead atoms. The van der Waals surface area contributed by atoms with Crippen LogP contribution in [0.3, 0.4) is 0 Å². The summed E-state index contributed by atoms with van der Waals surface area (Å²) in [7, 11) is 0. The Bertz CT molecular complexity index is 511. The van der Waals surface area contributed by atoms with Crippen molar-refractivity contribution in [3.05, 3.63) is 54.1 Å². The third-order valence-electron chi connectivity index (χ3n) is 2.59. The summed E-state index contributed by atoms with van der Waals surface area (Å²) in [5, 5.41) is 3.35. The Hall–Kier alpha value is -2.16. The predicted octanol–water partition coefficient (Wildman–Crippen LogP) is 3.28. The second-order valence-corrected chi connectivity index (χ2v) is 4.06. The molecule has 2 aromatic carbocycles. The van der Waals surface area contributed by atoms with Crippen molar-refractivity contribution in [2.24, 2.45) is 0 Å². The van der Waals surface area contributed by atoms with Crippen LogP contribution in [0.25, 0.3) is 0 Å². The van der Waals surface area contributed by atoms with E-state index in [-0.39, 0.29) is 0 Å². The summed E-state index contributed by atoms with van der Waals surface area (Å²) in [4.78, 5) is 0. The zero-order valence-corrected chi connectivity index (χ0v) is 10.5. The zero-order chi connectivity index (χ0) is 12.8. The normalized spacial score (nSPS) is 10.1. The highest BCUT2D eigenvalue weighted by atomic mass is 16.5. The fourth-order valence-electron chi connectivity index (χ4n) is 1.77. The van der Waals surface area contributed by atoms with Crippen LogP contribution in [0.4, 0.5) is 11.4 Å². The van der Waals surface area contributed by atoms with Crippen molar-refractivity contribution in [2.75, 3.05) is 17.7 Å². The molecule has 0 heterocycles. The molecule has 0 aliphatic carbocycles. The number of ether oxygens (including phenoxy) is 1. The topological polar surface area (TPSA) is 47.3 Å². The van der Waals surface area contributed by atoms with Crippen LogP contribution in [0.5, 0.6) is 5.75 Å². The summed E-state index contributed by atoms with van der Waals surface area (Å²) in [6.07, 6.45) is 0. The van der Waals surface area contributed by atoms with E-state index in [1.807, 2.05) is 49.4 Å². The maximum absolute atomic E-state index is 5.74. The second-order valence-electron chi connectivity index (χ2n) is 4.06. The molecule has 94 valence electrons. The van der Waals surface area contributed by atoms with E-state index in [0.29, 0.717) is 6.61 Å². The van der Waals surface area contributed by atoms with E-state index < -0.39 is 0 Å². The van der Waals surface area contributed by atoms with Crippen LogP contribution in [0.1, 0.15) is 12.5 Å². The molecular formula is C15H18N2O. The van der Waals surface area contributed by atoms with Gasteiger partial charge in [-0.25, -0.2) is 0 Å². The first kappa shape index (κ1) is 12.3. The quantitative estimate of drug-likeness (QED) is 0.791. The first-order valence-corrected chi connectivity index (χ1v) is 6.09. The molecule has 0 amide bonds. The monoisotopic (exact) mass is 242 g/mol.